The summed E-state index contributed by atoms with van der Waals surface area (Å²) in [5.41, 5.74) is 2.97. The second-order valence-electron chi connectivity index (χ2n) is 6.29. The monoisotopic (exact) mass is 358 g/mol. The average molecular weight is 358 g/mol. The summed E-state index contributed by atoms with van der Waals surface area (Å²) >= 11 is 0. The minimum atomic E-state index is -2.54. The van der Waals surface area contributed by atoms with Crippen LogP contribution in [0.2, 0.25) is 0 Å². The van der Waals surface area contributed by atoms with Crippen molar-refractivity contribution in [3.8, 4) is 5.75 Å². The lowest BCUT2D eigenvalue weighted by Gasteiger charge is -2.23. The van der Waals surface area contributed by atoms with Gasteiger partial charge in [-0.05, 0) is 37.6 Å². The lowest BCUT2D eigenvalue weighted by molar-refractivity contribution is 0.150. The summed E-state index contributed by atoms with van der Waals surface area (Å²) < 4.78 is 31.9. The maximum atomic E-state index is 13.3. The number of methoxy groups -OCH3 is 1. The SMILES string of the molecule is COc1cc(N(C)c2ccc(C)c(C(F)F)c2)c2cc(C)c(=O)[nH]c2c1. The molecule has 6 heteroatoms. The van der Waals surface area contributed by atoms with Crippen LogP contribution >= 0.6 is 0 Å². The quantitative estimate of drug-likeness (QED) is 0.724. The van der Waals surface area contributed by atoms with Gasteiger partial charge >= 0.3 is 0 Å². The molecule has 0 atom stereocenters. The molecule has 0 saturated carbocycles. The van der Waals surface area contributed by atoms with Crippen molar-refractivity contribution in [2.45, 2.75) is 20.3 Å². The first kappa shape index (κ1) is 17.9. The van der Waals surface area contributed by atoms with Crippen LogP contribution in [0.3, 0.4) is 0 Å². The van der Waals surface area contributed by atoms with Gasteiger partial charge in [0.15, 0.2) is 0 Å². The summed E-state index contributed by atoms with van der Waals surface area (Å²) in [5, 5.41) is 0.810. The van der Waals surface area contributed by atoms with Gasteiger partial charge in [-0.2, -0.15) is 0 Å². The van der Waals surface area contributed by atoms with E-state index in [-0.39, 0.29) is 11.1 Å². The largest absolute Gasteiger partial charge is 0.497 e. The zero-order chi connectivity index (χ0) is 19.0. The fraction of sp³-hybridized carbons (Fsp3) is 0.250. The zero-order valence-corrected chi connectivity index (χ0v) is 15.1. The second-order valence-corrected chi connectivity index (χ2v) is 6.29. The van der Waals surface area contributed by atoms with Crippen molar-refractivity contribution in [2.75, 3.05) is 19.1 Å². The van der Waals surface area contributed by atoms with Crippen LogP contribution in [0.25, 0.3) is 10.9 Å². The van der Waals surface area contributed by atoms with Crippen molar-refractivity contribution < 1.29 is 13.5 Å². The number of aromatic amines is 1. The maximum absolute atomic E-state index is 13.3. The van der Waals surface area contributed by atoms with E-state index in [1.165, 1.54) is 13.2 Å². The van der Waals surface area contributed by atoms with E-state index in [4.69, 9.17) is 4.74 Å². The van der Waals surface area contributed by atoms with E-state index in [0.29, 0.717) is 28.1 Å². The van der Waals surface area contributed by atoms with E-state index in [0.717, 1.165) is 11.1 Å². The molecule has 0 spiro atoms. The molecular weight excluding hydrogens is 338 g/mol. The molecule has 1 heterocycles. The first-order chi connectivity index (χ1) is 12.3. The molecule has 2 aromatic carbocycles. The topological polar surface area (TPSA) is 45.3 Å². The number of alkyl halides is 2. The first-order valence-electron chi connectivity index (χ1n) is 8.16. The molecule has 4 nitrogen and oxygen atoms in total. The molecule has 1 aromatic heterocycles. The minimum Gasteiger partial charge on any atom is -0.497 e. The number of aromatic nitrogens is 1. The number of halogens is 2. The summed E-state index contributed by atoms with van der Waals surface area (Å²) in [5.74, 6) is 0.569. The Balaban J connectivity index is 2.22. The average Bonchev–Trinajstić information content (AvgIpc) is 2.61. The molecule has 3 aromatic rings. The van der Waals surface area contributed by atoms with Crippen molar-refractivity contribution >= 4 is 22.3 Å². The number of aryl methyl sites for hydroxylation is 2. The van der Waals surface area contributed by atoms with Gasteiger partial charge in [-0.3, -0.25) is 4.79 Å². The van der Waals surface area contributed by atoms with Gasteiger partial charge in [0.25, 0.3) is 12.0 Å². The number of hydrogen-bond donors (Lipinski definition) is 1. The smallest absolute Gasteiger partial charge is 0.264 e. The molecule has 0 radical (unpaired) electrons. The summed E-state index contributed by atoms with van der Waals surface area (Å²) in [7, 11) is 3.34. The number of H-pyrrole nitrogens is 1. The molecule has 0 amide bonds. The molecule has 0 aliphatic carbocycles. The fourth-order valence-corrected chi connectivity index (χ4v) is 2.98. The molecule has 0 unspecified atom stereocenters. The van der Waals surface area contributed by atoms with Crippen molar-refractivity contribution in [1.82, 2.24) is 4.98 Å². The van der Waals surface area contributed by atoms with Crippen LogP contribution in [0, 0.1) is 13.8 Å². The Kier molecular flexibility index (Phi) is 4.68. The van der Waals surface area contributed by atoms with Crippen LogP contribution in [0.5, 0.6) is 5.75 Å². The van der Waals surface area contributed by atoms with Gasteiger partial charge < -0.3 is 14.6 Å². The summed E-state index contributed by atoms with van der Waals surface area (Å²) in [6.07, 6.45) is -2.54. The van der Waals surface area contributed by atoms with Crippen molar-refractivity contribution in [3.05, 3.63) is 63.4 Å². The molecule has 3 rings (SSSR count). The molecule has 0 bridgehead atoms. The molecule has 1 N–H and O–H groups in total. The molecule has 0 saturated heterocycles. The van der Waals surface area contributed by atoms with Gasteiger partial charge in [-0.15, -0.1) is 0 Å². The molecule has 136 valence electrons. The van der Waals surface area contributed by atoms with Crippen LogP contribution in [0.15, 0.2) is 41.2 Å². The van der Waals surface area contributed by atoms with E-state index < -0.39 is 6.43 Å². The van der Waals surface area contributed by atoms with Crippen LogP contribution in [0.1, 0.15) is 23.1 Å². The van der Waals surface area contributed by atoms with Gasteiger partial charge in [0.2, 0.25) is 0 Å². The highest BCUT2D eigenvalue weighted by molar-refractivity contribution is 5.95. The Morgan fingerprint density at radius 1 is 1.08 bits per heavy atom. The van der Waals surface area contributed by atoms with E-state index >= 15 is 0 Å². The third-order valence-electron chi connectivity index (χ3n) is 4.58. The van der Waals surface area contributed by atoms with Crippen LogP contribution in [0.4, 0.5) is 20.2 Å². The number of anilines is 2. The Labute approximate surface area is 150 Å². The number of rotatable bonds is 4. The minimum absolute atomic E-state index is 0.00568. The zero-order valence-electron chi connectivity index (χ0n) is 15.1. The van der Waals surface area contributed by atoms with Crippen LogP contribution in [-0.4, -0.2) is 19.1 Å². The number of nitrogens with one attached hydrogen (secondary N) is 1. The number of pyridine rings is 1. The van der Waals surface area contributed by atoms with Crippen molar-refractivity contribution in [1.29, 1.82) is 0 Å². The number of ether oxygens (including phenoxy) is 1. The van der Waals surface area contributed by atoms with Crippen molar-refractivity contribution in [2.24, 2.45) is 0 Å². The third-order valence-corrected chi connectivity index (χ3v) is 4.58. The van der Waals surface area contributed by atoms with E-state index in [1.54, 1.807) is 45.2 Å². The van der Waals surface area contributed by atoms with Crippen LogP contribution < -0.4 is 15.2 Å². The highest BCUT2D eigenvalue weighted by Gasteiger charge is 2.16. The van der Waals surface area contributed by atoms with Gasteiger partial charge in [0.1, 0.15) is 5.75 Å². The van der Waals surface area contributed by atoms with Gasteiger partial charge in [0.05, 0.1) is 18.3 Å². The molecular formula is C20H20F2N2O2. The number of nitrogens with zero attached hydrogens (tertiary/aromatic N) is 1. The molecule has 0 fully saturated rings. The fourth-order valence-electron chi connectivity index (χ4n) is 2.98. The van der Waals surface area contributed by atoms with E-state index in [1.807, 2.05) is 11.0 Å². The normalized spacial score (nSPS) is 11.2. The number of benzene rings is 2. The Bertz CT molecular complexity index is 1030. The first-order valence-corrected chi connectivity index (χ1v) is 8.16. The van der Waals surface area contributed by atoms with Crippen molar-refractivity contribution in [3.63, 3.8) is 0 Å². The predicted octanol–water partition coefficient (Wildman–Crippen LogP) is 4.86. The van der Waals surface area contributed by atoms with Gasteiger partial charge in [-0.25, -0.2) is 8.78 Å². The lowest BCUT2D eigenvalue weighted by Crippen LogP contribution is -2.14. The third kappa shape index (κ3) is 3.14. The summed E-state index contributed by atoms with van der Waals surface area (Å²) in [6, 6.07) is 10.3. The molecule has 0 aliphatic heterocycles. The summed E-state index contributed by atoms with van der Waals surface area (Å²) in [4.78, 5) is 16.6. The molecule has 0 aliphatic rings. The lowest BCUT2D eigenvalue weighted by atomic mass is 10.1. The maximum Gasteiger partial charge on any atom is 0.264 e. The standard InChI is InChI=1S/C20H20F2N2O2/c1-11-5-6-13(8-15(11)19(21)22)24(3)18-10-14(26-4)9-17-16(18)7-12(2)20(25)23-17/h5-10,19H,1-4H3,(H,23,25). The Hall–Kier alpha value is -2.89. The van der Waals surface area contributed by atoms with Gasteiger partial charge in [0, 0.05) is 41.4 Å². The highest BCUT2D eigenvalue weighted by atomic mass is 19.3. The van der Waals surface area contributed by atoms with E-state index in [2.05, 4.69) is 4.98 Å². The Morgan fingerprint density at radius 3 is 2.46 bits per heavy atom. The number of hydrogen-bond acceptors (Lipinski definition) is 3. The predicted molar refractivity (Wildman–Crippen MR) is 100 cm³/mol. The summed E-state index contributed by atoms with van der Waals surface area (Å²) in [6.45, 7) is 3.40. The van der Waals surface area contributed by atoms with Crippen LogP contribution in [-0.2, 0) is 0 Å². The van der Waals surface area contributed by atoms with E-state index in [9.17, 15) is 13.6 Å². The molecule has 26 heavy (non-hydrogen) atoms. The number of fused-ring (bicyclic) bond motifs is 1. The van der Waals surface area contributed by atoms with Gasteiger partial charge in [-0.1, -0.05) is 6.07 Å². The highest BCUT2D eigenvalue weighted by Crippen LogP contribution is 2.36. The Morgan fingerprint density at radius 2 is 1.81 bits per heavy atom. The second kappa shape index (κ2) is 6.78.